The van der Waals surface area contributed by atoms with Gasteiger partial charge in [0.15, 0.2) is 12.0 Å². The summed E-state index contributed by atoms with van der Waals surface area (Å²) in [7, 11) is 0. The van der Waals surface area contributed by atoms with Crippen LogP contribution in [0.3, 0.4) is 0 Å². The summed E-state index contributed by atoms with van der Waals surface area (Å²) in [6, 6.07) is 0. The first-order valence-electron chi connectivity index (χ1n) is 5.31. The molecule has 1 heterocycles. The lowest BCUT2D eigenvalue weighted by atomic mass is 10.4. The van der Waals surface area contributed by atoms with E-state index in [9.17, 15) is 9.59 Å². The third-order valence-electron chi connectivity index (χ3n) is 1.92. The van der Waals surface area contributed by atoms with Crippen LogP contribution in [0.25, 0.3) is 0 Å². The number of hydrogen-bond acceptors (Lipinski definition) is 6. The highest BCUT2D eigenvalue weighted by Crippen LogP contribution is 2.24. The lowest BCUT2D eigenvalue weighted by Gasteiger charge is -2.14. The van der Waals surface area contributed by atoms with Crippen molar-refractivity contribution in [2.45, 2.75) is 18.8 Å². The van der Waals surface area contributed by atoms with E-state index in [1.807, 2.05) is 0 Å². The fourth-order valence-electron chi connectivity index (χ4n) is 1.10. The molecule has 1 rings (SSSR count). The number of carbonyl (C=O) groups is 2. The molecule has 0 spiro atoms. The van der Waals surface area contributed by atoms with Gasteiger partial charge in [-0.2, -0.15) is 11.8 Å². The topological polar surface area (TPSA) is 52.6 Å². The first-order chi connectivity index (χ1) is 8.09. The summed E-state index contributed by atoms with van der Waals surface area (Å²) in [4.78, 5) is 22.5. The summed E-state index contributed by atoms with van der Waals surface area (Å²) in [5.41, 5.74) is 0.149. The summed E-state index contributed by atoms with van der Waals surface area (Å²) in [5, 5.41) is 0. The molecule has 1 aliphatic heterocycles. The van der Waals surface area contributed by atoms with E-state index in [4.69, 9.17) is 9.47 Å². The molecule has 17 heavy (non-hydrogen) atoms. The van der Waals surface area contributed by atoms with Crippen LogP contribution in [0.2, 0.25) is 0 Å². The highest BCUT2D eigenvalue weighted by Gasteiger charge is 2.18. The Kier molecular flexibility index (Phi) is 6.50. The lowest BCUT2D eigenvalue weighted by Crippen LogP contribution is -2.22. The summed E-state index contributed by atoms with van der Waals surface area (Å²) in [5.74, 6) is 1.83. The zero-order chi connectivity index (χ0) is 12.7. The van der Waals surface area contributed by atoms with Gasteiger partial charge in [-0.25, -0.2) is 9.59 Å². The van der Waals surface area contributed by atoms with Crippen molar-refractivity contribution in [3.05, 3.63) is 12.2 Å². The molecule has 1 aliphatic rings. The fraction of sp³-hybridized carbons (Fsp3) is 0.636. The number of esters is 2. The van der Waals surface area contributed by atoms with Crippen molar-refractivity contribution in [3.8, 4) is 0 Å². The molecule has 6 heteroatoms. The smallest absolute Gasteiger partial charge is 0.345 e. The van der Waals surface area contributed by atoms with Crippen LogP contribution in [0.4, 0.5) is 0 Å². The van der Waals surface area contributed by atoms with Crippen molar-refractivity contribution in [2.75, 3.05) is 23.9 Å². The van der Waals surface area contributed by atoms with Gasteiger partial charge in [0, 0.05) is 11.3 Å². The van der Waals surface area contributed by atoms with E-state index in [1.54, 1.807) is 23.5 Å². The van der Waals surface area contributed by atoms with E-state index in [0.29, 0.717) is 0 Å². The molecule has 0 aromatic rings. The van der Waals surface area contributed by atoms with E-state index in [1.165, 1.54) is 6.92 Å². The Bertz CT molecular complexity index is 296. The minimum atomic E-state index is -0.565. The molecule has 0 unspecified atom stereocenters. The maximum Gasteiger partial charge on any atom is 0.345 e. The minimum Gasteiger partial charge on any atom is -0.450 e. The minimum absolute atomic E-state index is 0.126. The van der Waals surface area contributed by atoms with Crippen LogP contribution in [-0.4, -0.2) is 41.2 Å². The molecule has 96 valence electrons. The van der Waals surface area contributed by atoms with Gasteiger partial charge in [0.05, 0.1) is 0 Å². The number of carbonyl (C=O) groups excluding carboxylic acids is 2. The number of thioether (sulfide) groups is 2. The highest BCUT2D eigenvalue weighted by molar-refractivity contribution is 8.03. The van der Waals surface area contributed by atoms with Crippen LogP contribution in [0.15, 0.2) is 12.2 Å². The Hall–Kier alpha value is -0.620. The van der Waals surface area contributed by atoms with Gasteiger partial charge in [-0.1, -0.05) is 6.58 Å². The maximum atomic E-state index is 11.4. The lowest BCUT2D eigenvalue weighted by molar-refractivity contribution is -0.157. The molecule has 0 saturated carbocycles. The number of ether oxygens (including phenoxy) is 2. The fourth-order valence-corrected chi connectivity index (χ4v) is 3.48. The van der Waals surface area contributed by atoms with Crippen molar-refractivity contribution in [2.24, 2.45) is 0 Å². The van der Waals surface area contributed by atoms with Crippen LogP contribution in [-0.2, 0) is 19.1 Å². The zero-order valence-electron chi connectivity index (χ0n) is 9.77. The van der Waals surface area contributed by atoms with Crippen molar-refractivity contribution >= 4 is 35.5 Å². The maximum absolute atomic E-state index is 11.4. The Morgan fingerprint density at radius 1 is 1.41 bits per heavy atom. The van der Waals surface area contributed by atoms with Gasteiger partial charge in [-0.05, 0) is 24.9 Å². The second-order valence-electron chi connectivity index (χ2n) is 3.58. The Labute approximate surface area is 109 Å². The molecule has 1 saturated heterocycles. The second kappa shape index (κ2) is 7.66. The SMILES string of the molecule is C=C(C)C(=O)OCC(=O)O[C@H]1CSCCCS1. The first-order valence-corrected chi connectivity index (χ1v) is 7.51. The molecular formula is C11H16O4S2. The summed E-state index contributed by atoms with van der Waals surface area (Å²) < 4.78 is 9.91. The normalized spacial score (nSPS) is 20.2. The number of rotatable bonds is 4. The monoisotopic (exact) mass is 276 g/mol. The zero-order valence-corrected chi connectivity index (χ0v) is 11.4. The van der Waals surface area contributed by atoms with Crippen LogP contribution in [0.5, 0.6) is 0 Å². The van der Waals surface area contributed by atoms with Crippen LogP contribution in [0, 0.1) is 0 Å². The van der Waals surface area contributed by atoms with E-state index in [-0.39, 0.29) is 17.6 Å². The average Bonchev–Trinajstić information content (AvgIpc) is 2.54. The van der Waals surface area contributed by atoms with Crippen molar-refractivity contribution in [3.63, 3.8) is 0 Å². The molecule has 0 bridgehead atoms. The van der Waals surface area contributed by atoms with Gasteiger partial charge in [-0.15, -0.1) is 11.8 Å². The van der Waals surface area contributed by atoms with E-state index >= 15 is 0 Å². The van der Waals surface area contributed by atoms with Gasteiger partial charge in [0.25, 0.3) is 0 Å². The second-order valence-corrected chi connectivity index (χ2v) is 5.99. The van der Waals surface area contributed by atoms with Gasteiger partial charge in [0.2, 0.25) is 0 Å². The largest absolute Gasteiger partial charge is 0.450 e. The van der Waals surface area contributed by atoms with Gasteiger partial charge >= 0.3 is 11.9 Å². The van der Waals surface area contributed by atoms with E-state index < -0.39 is 11.9 Å². The van der Waals surface area contributed by atoms with Crippen molar-refractivity contribution in [1.82, 2.24) is 0 Å². The van der Waals surface area contributed by atoms with Crippen molar-refractivity contribution < 1.29 is 19.1 Å². The average molecular weight is 276 g/mol. The highest BCUT2D eigenvalue weighted by atomic mass is 32.2. The van der Waals surface area contributed by atoms with Crippen molar-refractivity contribution in [1.29, 1.82) is 0 Å². The van der Waals surface area contributed by atoms with Crippen LogP contribution in [0.1, 0.15) is 13.3 Å². The molecule has 0 N–H and O–H groups in total. The molecule has 0 aliphatic carbocycles. The quantitative estimate of drug-likeness (QED) is 0.577. The summed E-state index contributed by atoms with van der Waals surface area (Å²) >= 11 is 3.41. The standard InChI is InChI=1S/C11H16O4S2/c1-8(2)11(13)14-6-9(12)15-10-7-16-4-3-5-17-10/h10H,1,3-7H2,2H3/t10-/m1/s1. The van der Waals surface area contributed by atoms with Gasteiger partial charge < -0.3 is 9.47 Å². The third kappa shape index (κ3) is 6.02. The summed E-state index contributed by atoms with van der Waals surface area (Å²) in [6.07, 6.45) is 1.13. The summed E-state index contributed by atoms with van der Waals surface area (Å²) in [6.45, 7) is 4.62. The van der Waals surface area contributed by atoms with Gasteiger partial charge in [-0.3, -0.25) is 0 Å². The first kappa shape index (κ1) is 14.4. The molecule has 1 fully saturated rings. The molecular weight excluding hydrogens is 260 g/mol. The molecule has 4 nitrogen and oxygen atoms in total. The Balaban J connectivity index is 2.23. The molecule has 0 amide bonds. The Morgan fingerprint density at radius 2 is 2.18 bits per heavy atom. The predicted molar refractivity (Wildman–Crippen MR) is 70.1 cm³/mol. The van der Waals surface area contributed by atoms with Crippen LogP contribution >= 0.6 is 23.5 Å². The molecule has 0 aromatic heterocycles. The number of hydrogen-bond donors (Lipinski definition) is 0. The molecule has 1 atom stereocenters. The van der Waals surface area contributed by atoms with E-state index in [0.717, 1.165) is 23.7 Å². The van der Waals surface area contributed by atoms with E-state index in [2.05, 4.69) is 6.58 Å². The Morgan fingerprint density at radius 3 is 2.88 bits per heavy atom. The van der Waals surface area contributed by atoms with Gasteiger partial charge in [0.1, 0.15) is 0 Å². The predicted octanol–water partition coefficient (Wildman–Crippen LogP) is 1.85. The molecule has 0 radical (unpaired) electrons. The van der Waals surface area contributed by atoms with Crippen LogP contribution < -0.4 is 0 Å². The molecule has 0 aromatic carbocycles. The third-order valence-corrected chi connectivity index (χ3v) is 4.41.